The Kier molecular flexibility index (Phi) is 4.43. The largest absolute Gasteiger partial charge is 0.478 e. The number of rotatable bonds is 3. The van der Waals surface area contributed by atoms with Crippen molar-refractivity contribution < 1.29 is 19.4 Å². The molecule has 2 rings (SSSR count). The van der Waals surface area contributed by atoms with Crippen molar-refractivity contribution >= 4 is 18.0 Å². The Bertz CT molecular complexity index is 560. The number of carbonyl (C=O) groups is 2. The number of hydrogen-bond acceptors (Lipinski definition) is 3. The molecular formula is C16H19NO4. The van der Waals surface area contributed by atoms with E-state index in [1.807, 2.05) is 13.8 Å². The highest BCUT2D eigenvalue weighted by atomic mass is 16.5. The monoisotopic (exact) mass is 289 g/mol. The van der Waals surface area contributed by atoms with E-state index in [-0.39, 0.29) is 17.1 Å². The molecule has 1 aliphatic heterocycles. The zero-order chi connectivity index (χ0) is 15.5. The van der Waals surface area contributed by atoms with Crippen LogP contribution in [-0.4, -0.2) is 47.2 Å². The summed E-state index contributed by atoms with van der Waals surface area (Å²) in [6, 6.07) is 6.39. The minimum Gasteiger partial charge on any atom is -0.478 e. The fraction of sp³-hybridized carbons (Fsp3) is 0.375. The highest BCUT2D eigenvalue weighted by Gasteiger charge is 2.28. The zero-order valence-electron chi connectivity index (χ0n) is 12.2. The Morgan fingerprint density at radius 3 is 2.52 bits per heavy atom. The SMILES string of the molecule is CC1(C)CN(C(=O)C=Cc2ccc(C(=O)O)cc2)CCO1. The van der Waals surface area contributed by atoms with E-state index in [1.165, 1.54) is 18.2 Å². The van der Waals surface area contributed by atoms with Crippen molar-refractivity contribution in [3.05, 3.63) is 41.5 Å². The van der Waals surface area contributed by atoms with E-state index in [2.05, 4.69) is 0 Å². The van der Waals surface area contributed by atoms with Crippen molar-refractivity contribution in [1.29, 1.82) is 0 Å². The van der Waals surface area contributed by atoms with Crippen LogP contribution in [0.3, 0.4) is 0 Å². The third kappa shape index (κ3) is 4.16. The molecule has 1 heterocycles. The van der Waals surface area contributed by atoms with Crippen molar-refractivity contribution in [2.45, 2.75) is 19.4 Å². The molecule has 5 nitrogen and oxygen atoms in total. The molecule has 1 N–H and O–H groups in total. The summed E-state index contributed by atoms with van der Waals surface area (Å²) in [5.41, 5.74) is 0.708. The quantitative estimate of drug-likeness (QED) is 0.865. The molecule has 5 heteroatoms. The van der Waals surface area contributed by atoms with Crippen LogP contribution in [-0.2, 0) is 9.53 Å². The number of amides is 1. The molecule has 1 aliphatic rings. The molecule has 112 valence electrons. The van der Waals surface area contributed by atoms with E-state index in [4.69, 9.17) is 9.84 Å². The summed E-state index contributed by atoms with van der Waals surface area (Å²) in [7, 11) is 0. The second-order valence-electron chi connectivity index (χ2n) is 5.63. The molecule has 1 aromatic carbocycles. The van der Waals surface area contributed by atoms with E-state index in [9.17, 15) is 9.59 Å². The van der Waals surface area contributed by atoms with E-state index in [0.717, 1.165) is 5.56 Å². The summed E-state index contributed by atoms with van der Waals surface area (Å²) in [5.74, 6) is -1.02. The Morgan fingerprint density at radius 1 is 1.29 bits per heavy atom. The summed E-state index contributed by atoms with van der Waals surface area (Å²) in [6.07, 6.45) is 3.20. The van der Waals surface area contributed by atoms with Gasteiger partial charge in [-0.25, -0.2) is 4.79 Å². The van der Waals surface area contributed by atoms with Crippen LogP contribution in [0.5, 0.6) is 0 Å². The average molecular weight is 289 g/mol. The lowest BCUT2D eigenvalue weighted by atomic mass is 10.1. The Balaban J connectivity index is 2.00. The fourth-order valence-electron chi connectivity index (χ4n) is 2.21. The first kappa shape index (κ1) is 15.3. The zero-order valence-corrected chi connectivity index (χ0v) is 12.2. The molecule has 1 aromatic rings. The number of hydrogen-bond donors (Lipinski definition) is 1. The standard InChI is InChI=1S/C16H19NO4/c1-16(2)11-17(9-10-21-16)14(18)8-5-12-3-6-13(7-4-12)15(19)20/h3-8H,9-11H2,1-2H3,(H,19,20). The predicted molar refractivity (Wildman–Crippen MR) is 79.0 cm³/mol. The minimum atomic E-state index is -0.961. The highest BCUT2D eigenvalue weighted by Crippen LogP contribution is 2.17. The summed E-state index contributed by atoms with van der Waals surface area (Å²) < 4.78 is 5.57. The maximum absolute atomic E-state index is 12.1. The fourth-order valence-corrected chi connectivity index (χ4v) is 2.21. The first-order valence-corrected chi connectivity index (χ1v) is 6.82. The smallest absolute Gasteiger partial charge is 0.335 e. The second-order valence-corrected chi connectivity index (χ2v) is 5.63. The number of morpholine rings is 1. The first-order chi connectivity index (χ1) is 9.87. The molecule has 0 atom stereocenters. The molecule has 21 heavy (non-hydrogen) atoms. The van der Waals surface area contributed by atoms with Crippen LogP contribution in [0.15, 0.2) is 30.3 Å². The summed E-state index contributed by atoms with van der Waals surface area (Å²) >= 11 is 0. The molecule has 1 saturated heterocycles. The summed E-state index contributed by atoms with van der Waals surface area (Å²) in [6.45, 7) is 5.61. The third-order valence-electron chi connectivity index (χ3n) is 3.31. The molecule has 0 spiro atoms. The van der Waals surface area contributed by atoms with Crippen LogP contribution in [0.25, 0.3) is 6.08 Å². The molecule has 1 fully saturated rings. The molecule has 0 unspecified atom stereocenters. The number of aromatic carboxylic acids is 1. The van der Waals surface area contributed by atoms with E-state index in [1.54, 1.807) is 23.1 Å². The van der Waals surface area contributed by atoms with Gasteiger partial charge in [0.2, 0.25) is 5.91 Å². The maximum Gasteiger partial charge on any atom is 0.335 e. The van der Waals surface area contributed by atoms with Gasteiger partial charge in [0.25, 0.3) is 0 Å². The average Bonchev–Trinajstić information content (AvgIpc) is 2.44. The molecule has 0 radical (unpaired) electrons. The second kappa shape index (κ2) is 6.10. The first-order valence-electron chi connectivity index (χ1n) is 6.82. The van der Waals surface area contributed by atoms with E-state index in [0.29, 0.717) is 19.7 Å². The predicted octanol–water partition coefficient (Wildman–Crippen LogP) is 2.04. The van der Waals surface area contributed by atoms with Gasteiger partial charge in [-0.3, -0.25) is 4.79 Å². The van der Waals surface area contributed by atoms with Crippen molar-refractivity contribution in [2.24, 2.45) is 0 Å². The minimum absolute atomic E-state index is 0.0614. The number of benzene rings is 1. The van der Waals surface area contributed by atoms with Crippen molar-refractivity contribution in [3.63, 3.8) is 0 Å². The Labute approximate surface area is 123 Å². The Hall–Kier alpha value is -2.14. The third-order valence-corrected chi connectivity index (χ3v) is 3.31. The summed E-state index contributed by atoms with van der Waals surface area (Å²) in [5, 5.41) is 8.82. The van der Waals surface area contributed by atoms with Gasteiger partial charge < -0.3 is 14.7 Å². The van der Waals surface area contributed by atoms with Gasteiger partial charge in [-0.1, -0.05) is 12.1 Å². The van der Waals surface area contributed by atoms with Crippen LogP contribution >= 0.6 is 0 Å². The summed E-state index contributed by atoms with van der Waals surface area (Å²) in [4.78, 5) is 24.6. The molecule has 1 amide bonds. The van der Waals surface area contributed by atoms with Gasteiger partial charge in [0.15, 0.2) is 0 Å². The van der Waals surface area contributed by atoms with Gasteiger partial charge >= 0.3 is 5.97 Å². The highest BCUT2D eigenvalue weighted by molar-refractivity contribution is 5.92. The van der Waals surface area contributed by atoms with Gasteiger partial charge in [0, 0.05) is 19.2 Å². The van der Waals surface area contributed by atoms with Gasteiger partial charge in [-0.05, 0) is 37.6 Å². The topological polar surface area (TPSA) is 66.8 Å². The van der Waals surface area contributed by atoms with Gasteiger partial charge in [-0.15, -0.1) is 0 Å². The molecule has 0 aliphatic carbocycles. The van der Waals surface area contributed by atoms with Gasteiger partial charge in [-0.2, -0.15) is 0 Å². The van der Waals surface area contributed by atoms with Crippen LogP contribution in [0.4, 0.5) is 0 Å². The van der Waals surface area contributed by atoms with Crippen molar-refractivity contribution in [1.82, 2.24) is 4.90 Å². The number of ether oxygens (including phenoxy) is 1. The Morgan fingerprint density at radius 2 is 1.95 bits per heavy atom. The molecule has 0 saturated carbocycles. The van der Waals surface area contributed by atoms with Gasteiger partial charge in [0.05, 0.1) is 17.8 Å². The number of carboxylic acid groups (broad SMARTS) is 1. The van der Waals surface area contributed by atoms with E-state index < -0.39 is 5.97 Å². The van der Waals surface area contributed by atoms with Crippen molar-refractivity contribution in [2.75, 3.05) is 19.7 Å². The molecule has 0 bridgehead atoms. The lowest BCUT2D eigenvalue weighted by molar-refractivity contribution is -0.140. The molecule has 0 aromatic heterocycles. The lowest BCUT2D eigenvalue weighted by Crippen LogP contribution is -2.50. The molecular weight excluding hydrogens is 270 g/mol. The number of carboxylic acids is 1. The van der Waals surface area contributed by atoms with Crippen LogP contribution in [0, 0.1) is 0 Å². The van der Waals surface area contributed by atoms with Gasteiger partial charge in [0.1, 0.15) is 0 Å². The number of nitrogens with zero attached hydrogens (tertiary/aromatic N) is 1. The van der Waals surface area contributed by atoms with Crippen LogP contribution < -0.4 is 0 Å². The maximum atomic E-state index is 12.1. The van der Waals surface area contributed by atoms with Crippen LogP contribution in [0.2, 0.25) is 0 Å². The normalized spacial score (nSPS) is 17.9. The van der Waals surface area contributed by atoms with E-state index >= 15 is 0 Å². The number of carbonyl (C=O) groups excluding carboxylic acids is 1. The van der Waals surface area contributed by atoms with Crippen molar-refractivity contribution in [3.8, 4) is 0 Å². The van der Waals surface area contributed by atoms with Crippen LogP contribution in [0.1, 0.15) is 29.8 Å². The lowest BCUT2D eigenvalue weighted by Gasteiger charge is -2.37.